The molecule has 0 aliphatic heterocycles. The van der Waals surface area contributed by atoms with Gasteiger partial charge in [0.25, 0.3) is 5.91 Å². The number of benzene rings is 2. The fourth-order valence-electron chi connectivity index (χ4n) is 2.85. The number of aryl methyl sites for hydroxylation is 1. The van der Waals surface area contributed by atoms with Crippen LogP contribution in [-0.2, 0) is 20.7 Å². The number of nitrogens with zero attached hydrogens (tertiary/aromatic N) is 1. The van der Waals surface area contributed by atoms with Crippen LogP contribution in [0.5, 0.6) is 0 Å². The van der Waals surface area contributed by atoms with Crippen molar-refractivity contribution in [3.8, 4) is 21.0 Å². The van der Waals surface area contributed by atoms with Crippen LogP contribution in [0, 0.1) is 6.92 Å². The molecule has 1 aromatic heterocycles. The highest BCUT2D eigenvalue weighted by atomic mass is 32.1. The van der Waals surface area contributed by atoms with Crippen molar-refractivity contribution < 1.29 is 14.3 Å². The Balaban J connectivity index is 1.84. The smallest absolute Gasteiger partial charge is 0.312 e. The van der Waals surface area contributed by atoms with Gasteiger partial charge in [-0.15, -0.1) is 17.9 Å². The van der Waals surface area contributed by atoms with Gasteiger partial charge in [-0.3, -0.25) is 9.59 Å². The summed E-state index contributed by atoms with van der Waals surface area (Å²) < 4.78 is 5.32. The van der Waals surface area contributed by atoms with E-state index in [1.54, 1.807) is 24.3 Å². The largest absolute Gasteiger partial charge is 0.452 e. The number of carbonyl (C=O) groups excluding carboxylic acids is 2. The third-order valence-corrected chi connectivity index (χ3v) is 5.64. The predicted octanol–water partition coefficient (Wildman–Crippen LogP) is 4.56. The molecule has 154 valence electrons. The van der Waals surface area contributed by atoms with Crippen molar-refractivity contribution in [3.63, 3.8) is 0 Å². The van der Waals surface area contributed by atoms with Crippen LogP contribution in [0.2, 0.25) is 0 Å². The lowest BCUT2D eigenvalue weighted by Crippen LogP contribution is -2.36. The third kappa shape index (κ3) is 5.42. The van der Waals surface area contributed by atoms with Crippen LogP contribution in [-0.4, -0.2) is 29.5 Å². The molecule has 1 amide bonds. The minimum absolute atomic E-state index is 0.00831. The topological polar surface area (TPSA) is 68.3 Å². The minimum Gasteiger partial charge on any atom is -0.452 e. The van der Waals surface area contributed by atoms with Crippen LogP contribution in [0.1, 0.15) is 18.2 Å². The number of nitrogens with one attached hydrogen (secondary N) is 1. The van der Waals surface area contributed by atoms with Crippen LogP contribution in [0.4, 0.5) is 0 Å². The Morgan fingerprint density at radius 3 is 2.50 bits per heavy atom. The van der Waals surface area contributed by atoms with Crippen molar-refractivity contribution in [2.24, 2.45) is 0 Å². The van der Waals surface area contributed by atoms with Crippen LogP contribution in [0.15, 0.2) is 67.3 Å². The fraction of sp³-hybridized carbons (Fsp3) is 0.208. The van der Waals surface area contributed by atoms with Gasteiger partial charge in [0.1, 0.15) is 5.01 Å². The Morgan fingerprint density at radius 2 is 1.83 bits per heavy atom. The van der Waals surface area contributed by atoms with Gasteiger partial charge in [0.05, 0.1) is 17.0 Å². The number of ether oxygens (including phenoxy) is 1. The summed E-state index contributed by atoms with van der Waals surface area (Å²) in [4.78, 5) is 30.1. The van der Waals surface area contributed by atoms with E-state index < -0.39 is 12.1 Å². The van der Waals surface area contributed by atoms with E-state index in [0.29, 0.717) is 12.2 Å². The lowest BCUT2D eigenvalue weighted by Gasteiger charge is -2.12. The number of aromatic nitrogens is 1. The van der Waals surface area contributed by atoms with E-state index >= 15 is 0 Å². The number of thiazole rings is 1. The summed E-state index contributed by atoms with van der Waals surface area (Å²) in [6, 6.07) is 18.0. The van der Waals surface area contributed by atoms with E-state index in [1.807, 2.05) is 61.5 Å². The molecule has 3 aromatic rings. The van der Waals surface area contributed by atoms with Crippen molar-refractivity contribution in [3.05, 3.63) is 78.5 Å². The van der Waals surface area contributed by atoms with E-state index in [1.165, 1.54) is 0 Å². The first-order chi connectivity index (χ1) is 14.5. The van der Waals surface area contributed by atoms with Crippen LogP contribution in [0.25, 0.3) is 21.0 Å². The number of hydrogen-bond donors (Lipinski definition) is 1. The van der Waals surface area contributed by atoms with E-state index in [0.717, 1.165) is 26.6 Å². The number of rotatable bonds is 8. The van der Waals surface area contributed by atoms with E-state index in [4.69, 9.17) is 9.72 Å². The molecule has 0 saturated carbocycles. The van der Waals surface area contributed by atoms with Gasteiger partial charge >= 0.3 is 5.97 Å². The normalized spacial score (nSPS) is 11.5. The SMILES string of the molecule is C=CCNC(=O)[C@H](C)OC(=O)Cc1nc(-c2ccccc2)sc1-c1ccc(C)cc1. The standard InChI is InChI=1S/C24H24N2O3S/c1-4-14-25-23(28)17(3)29-21(27)15-20-22(18-12-10-16(2)11-13-18)30-24(26-20)19-8-6-5-7-9-19/h4-13,17H,1,14-15H2,2-3H3,(H,25,28)/t17-/m0/s1. The second kappa shape index (κ2) is 9.98. The summed E-state index contributed by atoms with van der Waals surface area (Å²) >= 11 is 1.54. The average Bonchev–Trinajstić information content (AvgIpc) is 3.16. The Labute approximate surface area is 180 Å². The Kier molecular flexibility index (Phi) is 7.14. The molecule has 0 unspecified atom stereocenters. The summed E-state index contributed by atoms with van der Waals surface area (Å²) in [5.41, 5.74) is 3.80. The molecule has 0 radical (unpaired) electrons. The molecule has 30 heavy (non-hydrogen) atoms. The number of esters is 1. The van der Waals surface area contributed by atoms with Crippen LogP contribution < -0.4 is 5.32 Å². The van der Waals surface area contributed by atoms with Gasteiger partial charge in [0, 0.05) is 12.1 Å². The summed E-state index contributed by atoms with van der Waals surface area (Å²) in [7, 11) is 0. The molecule has 3 rings (SSSR count). The van der Waals surface area contributed by atoms with Crippen LogP contribution in [0.3, 0.4) is 0 Å². The maximum Gasteiger partial charge on any atom is 0.312 e. The van der Waals surface area contributed by atoms with Gasteiger partial charge in [-0.2, -0.15) is 0 Å². The molecule has 6 heteroatoms. The fourth-order valence-corrected chi connectivity index (χ4v) is 3.94. The maximum absolute atomic E-state index is 12.5. The molecule has 5 nitrogen and oxygen atoms in total. The van der Waals surface area contributed by atoms with E-state index in [9.17, 15) is 9.59 Å². The molecule has 1 atom stereocenters. The van der Waals surface area contributed by atoms with Crippen molar-refractivity contribution in [2.75, 3.05) is 6.54 Å². The average molecular weight is 421 g/mol. The molecular weight excluding hydrogens is 396 g/mol. The molecule has 0 spiro atoms. The lowest BCUT2D eigenvalue weighted by molar-refractivity contribution is -0.154. The number of hydrogen-bond acceptors (Lipinski definition) is 5. The first-order valence-electron chi connectivity index (χ1n) is 9.68. The Morgan fingerprint density at radius 1 is 1.13 bits per heavy atom. The van der Waals surface area contributed by atoms with Crippen molar-refractivity contribution in [2.45, 2.75) is 26.4 Å². The Bertz CT molecular complexity index is 1030. The maximum atomic E-state index is 12.5. The predicted molar refractivity (Wildman–Crippen MR) is 120 cm³/mol. The summed E-state index contributed by atoms with van der Waals surface area (Å²) in [5.74, 6) is -0.847. The van der Waals surface area contributed by atoms with Crippen molar-refractivity contribution >= 4 is 23.2 Å². The number of amides is 1. The first kappa shape index (κ1) is 21.5. The summed E-state index contributed by atoms with van der Waals surface area (Å²) in [6.07, 6.45) is 0.680. The van der Waals surface area contributed by atoms with Gasteiger partial charge in [-0.1, -0.05) is 66.2 Å². The lowest BCUT2D eigenvalue weighted by atomic mass is 10.1. The van der Waals surface area contributed by atoms with Crippen molar-refractivity contribution in [1.29, 1.82) is 0 Å². The van der Waals surface area contributed by atoms with Gasteiger partial charge < -0.3 is 10.1 Å². The Hall–Kier alpha value is -3.25. The zero-order valence-electron chi connectivity index (χ0n) is 17.1. The highest BCUT2D eigenvalue weighted by Gasteiger charge is 2.21. The summed E-state index contributed by atoms with van der Waals surface area (Å²) in [5, 5.41) is 3.46. The monoisotopic (exact) mass is 420 g/mol. The third-order valence-electron chi connectivity index (χ3n) is 4.44. The summed E-state index contributed by atoms with van der Waals surface area (Å²) in [6.45, 7) is 7.45. The van der Waals surface area contributed by atoms with Gasteiger partial charge in [0.2, 0.25) is 0 Å². The van der Waals surface area contributed by atoms with Gasteiger partial charge in [-0.25, -0.2) is 4.98 Å². The van der Waals surface area contributed by atoms with Gasteiger partial charge in [0.15, 0.2) is 6.10 Å². The zero-order chi connectivity index (χ0) is 21.5. The molecule has 0 bridgehead atoms. The second-order valence-corrected chi connectivity index (χ2v) is 7.87. The molecular formula is C24H24N2O3S. The zero-order valence-corrected chi connectivity index (χ0v) is 17.9. The molecule has 0 fully saturated rings. The van der Waals surface area contributed by atoms with E-state index in [-0.39, 0.29) is 12.3 Å². The molecule has 0 saturated heterocycles. The molecule has 2 aromatic carbocycles. The molecule has 0 aliphatic rings. The highest BCUT2D eigenvalue weighted by molar-refractivity contribution is 7.18. The van der Waals surface area contributed by atoms with Crippen LogP contribution >= 0.6 is 11.3 Å². The molecule has 1 heterocycles. The minimum atomic E-state index is -0.882. The first-order valence-corrected chi connectivity index (χ1v) is 10.5. The molecule has 0 aliphatic carbocycles. The van der Waals surface area contributed by atoms with Crippen molar-refractivity contribution in [1.82, 2.24) is 10.3 Å². The van der Waals surface area contributed by atoms with E-state index in [2.05, 4.69) is 11.9 Å². The number of carbonyl (C=O) groups is 2. The van der Waals surface area contributed by atoms with Gasteiger partial charge in [-0.05, 0) is 19.4 Å². The second-order valence-electron chi connectivity index (χ2n) is 6.87. The quantitative estimate of drug-likeness (QED) is 0.428. The highest BCUT2D eigenvalue weighted by Crippen LogP contribution is 2.36. The molecule has 1 N–H and O–H groups in total.